The van der Waals surface area contributed by atoms with Gasteiger partial charge in [-0.05, 0) is 48.2 Å². The molecule has 0 N–H and O–H groups in total. The first-order valence-electron chi connectivity index (χ1n) is 11.8. The van der Waals surface area contributed by atoms with Crippen LogP contribution >= 0.6 is 11.6 Å². The van der Waals surface area contributed by atoms with Gasteiger partial charge in [-0.25, -0.2) is 0 Å². The zero-order chi connectivity index (χ0) is 25.5. The molecule has 0 aromatic heterocycles. The molecule has 4 aromatic rings. The Morgan fingerprint density at radius 3 is 2.03 bits per heavy atom. The minimum absolute atomic E-state index is 0.0567. The fourth-order valence-electron chi connectivity index (χ4n) is 4.37. The number of carbonyl (C=O) groups excluding carboxylic acids is 1. The number of nitro groups is 1. The van der Waals surface area contributed by atoms with Crippen molar-refractivity contribution in [1.29, 1.82) is 0 Å². The number of hydrogen-bond donors (Lipinski definition) is 0. The van der Waals surface area contributed by atoms with E-state index >= 15 is 0 Å². The summed E-state index contributed by atoms with van der Waals surface area (Å²) in [6.07, 6.45) is 0.696. The fourth-order valence-corrected chi connectivity index (χ4v) is 4.49. The summed E-state index contributed by atoms with van der Waals surface area (Å²) in [4.78, 5) is 26.5. The Balaban J connectivity index is 1.65. The molecule has 0 bridgehead atoms. The van der Waals surface area contributed by atoms with Crippen molar-refractivity contribution in [3.8, 4) is 0 Å². The Labute approximate surface area is 216 Å². The molecule has 0 radical (unpaired) electrons. The minimum atomic E-state index is -0.448. The highest BCUT2D eigenvalue weighted by atomic mass is 35.5. The summed E-state index contributed by atoms with van der Waals surface area (Å²) < 4.78 is 0. The SMILES string of the molecule is Cc1ccc(C(=O)N(CCC(c2ccccc2)c2ccccc2)Cc2ccc(Cl)cc2)cc1[N+](=O)[O-]. The average molecular weight is 499 g/mol. The van der Waals surface area contributed by atoms with Crippen LogP contribution in [-0.4, -0.2) is 22.3 Å². The first-order valence-corrected chi connectivity index (χ1v) is 12.2. The van der Waals surface area contributed by atoms with Crippen LogP contribution in [0.1, 0.15) is 45.0 Å². The summed E-state index contributed by atoms with van der Waals surface area (Å²) >= 11 is 6.06. The standard InChI is InChI=1S/C30H27ClN2O3/c1-22-12-15-26(20-29(22)33(35)36)30(34)32(21-23-13-16-27(31)17-14-23)19-18-28(24-8-4-2-5-9-24)25-10-6-3-7-11-25/h2-17,20,28H,18-19,21H2,1H3. The zero-order valence-electron chi connectivity index (χ0n) is 20.0. The van der Waals surface area contributed by atoms with Gasteiger partial charge in [0, 0.05) is 41.2 Å². The molecule has 0 atom stereocenters. The van der Waals surface area contributed by atoms with E-state index in [0.29, 0.717) is 35.7 Å². The Morgan fingerprint density at radius 2 is 1.47 bits per heavy atom. The van der Waals surface area contributed by atoms with Crippen LogP contribution in [0.2, 0.25) is 5.02 Å². The quantitative estimate of drug-likeness (QED) is 0.178. The molecule has 1 amide bonds. The second-order valence-corrected chi connectivity index (χ2v) is 9.21. The molecule has 0 aliphatic heterocycles. The molecular formula is C30H27ClN2O3. The number of halogens is 1. The number of hydrogen-bond acceptors (Lipinski definition) is 3. The summed E-state index contributed by atoms with van der Waals surface area (Å²) in [6, 6.07) is 32.5. The molecule has 0 fully saturated rings. The second kappa shape index (κ2) is 11.6. The normalized spacial score (nSPS) is 10.9. The second-order valence-electron chi connectivity index (χ2n) is 8.77. The molecule has 0 saturated carbocycles. The van der Waals surface area contributed by atoms with Gasteiger partial charge in [0.15, 0.2) is 0 Å². The van der Waals surface area contributed by atoms with Gasteiger partial charge in [0.25, 0.3) is 11.6 Å². The minimum Gasteiger partial charge on any atom is -0.334 e. The van der Waals surface area contributed by atoms with Crippen LogP contribution in [0.3, 0.4) is 0 Å². The molecule has 0 saturated heterocycles. The lowest BCUT2D eigenvalue weighted by Crippen LogP contribution is -2.32. The average Bonchev–Trinajstić information content (AvgIpc) is 2.90. The van der Waals surface area contributed by atoms with Gasteiger partial charge < -0.3 is 4.90 Å². The number of benzene rings is 4. The van der Waals surface area contributed by atoms with Gasteiger partial charge in [-0.15, -0.1) is 0 Å². The van der Waals surface area contributed by atoms with Crippen LogP contribution in [0, 0.1) is 17.0 Å². The smallest absolute Gasteiger partial charge is 0.273 e. The van der Waals surface area contributed by atoms with Crippen LogP contribution < -0.4 is 0 Å². The third kappa shape index (κ3) is 6.18. The van der Waals surface area contributed by atoms with Gasteiger partial charge in [0.05, 0.1) is 4.92 Å². The summed E-state index contributed by atoms with van der Waals surface area (Å²) in [7, 11) is 0. The molecule has 0 unspecified atom stereocenters. The lowest BCUT2D eigenvalue weighted by atomic mass is 9.88. The number of carbonyl (C=O) groups is 1. The number of rotatable bonds is 9. The Bertz CT molecular complexity index is 1290. The number of amides is 1. The van der Waals surface area contributed by atoms with Gasteiger partial charge in [0.2, 0.25) is 0 Å². The zero-order valence-corrected chi connectivity index (χ0v) is 20.8. The molecule has 0 heterocycles. The maximum Gasteiger partial charge on any atom is 0.273 e. The molecule has 4 rings (SSSR count). The number of aryl methyl sites for hydroxylation is 1. The van der Waals surface area contributed by atoms with Crippen molar-refractivity contribution in [1.82, 2.24) is 4.90 Å². The monoisotopic (exact) mass is 498 g/mol. The highest BCUT2D eigenvalue weighted by molar-refractivity contribution is 6.30. The first kappa shape index (κ1) is 25.1. The van der Waals surface area contributed by atoms with E-state index in [-0.39, 0.29) is 17.5 Å². The van der Waals surface area contributed by atoms with Crippen molar-refractivity contribution in [2.75, 3.05) is 6.54 Å². The molecule has 182 valence electrons. The van der Waals surface area contributed by atoms with E-state index in [0.717, 1.165) is 5.56 Å². The number of nitro benzene ring substituents is 1. The van der Waals surface area contributed by atoms with E-state index in [1.54, 1.807) is 36.1 Å². The van der Waals surface area contributed by atoms with Crippen molar-refractivity contribution < 1.29 is 9.72 Å². The highest BCUT2D eigenvalue weighted by Crippen LogP contribution is 2.29. The van der Waals surface area contributed by atoms with Gasteiger partial charge in [-0.2, -0.15) is 0 Å². The molecular weight excluding hydrogens is 472 g/mol. The largest absolute Gasteiger partial charge is 0.334 e. The molecule has 0 aliphatic rings. The molecule has 6 heteroatoms. The van der Waals surface area contributed by atoms with Crippen LogP contribution in [-0.2, 0) is 6.54 Å². The van der Waals surface area contributed by atoms with E-state index in [1.807, 2.05) is 48.5 Å². The maximum atomic E-state index is 13.7. The third-order valence-corrected chi connectivity index (χ3v) is 6.57. The van der Waals surface area contributed by atoms with Crippen molar-refractivity contribution in [2.45, 2.75) is 25.8 Å². The molecule has 4 aromatic carbocycles. The topological polar surface area (TPSA) is 63.5 Å². The van der Waals surface area contributed by atoms with E-state index in [9.17, 15) is 14.9 Å². The van der Waals surface area contributed by atoms with Crippen molar-refractivity contribution in [3.63, 3.8) is 0 Å². The van der Waals surface area contributed by atoms with Crippen LogP contribution in [0.4, 0.5) is 5.69 Å². The molecule has 36 heavy (non-hydrogen) atoms. The lowest BCUT2D eigenvalue weighted by Gasteiger charge is -2.26. The summed E-state index contributed by atoms with van der Waals surface area (Å²) in [5.74, 6) is -0.145. The Hall–Kier alpha value is -3.96. The van der Waals surface area contributed by atoms with Crippen LogP contribution in [0.5, 0.6) is 0 Å². The van der Waals surface area contributed by atoms with Gasteiger partial charge in [-0.1, -0.05) is 90.5 Å². The van der Waals surface area contributed by atoms with Gasteiger partial charge in [-0.3, -0.25) is 14.9 Å². The summed E-state index contributed by atoms with van der Waals surface area (Å²) in [6.45, 7) is 2.51. The van der Waals surface area contributed by atoms with Crippen molar-refractivity contribution >= 4 is 23.2 Å². The van der Waals surface area contributed by atoms with E-state index < -0.39 is 4.92 Å². The predicted octanol–water partition coefficient (Wildman–Crippen LogP) is 7.42. The third-order valence-electron chi connectivity index (χ3n) is 6.32. The van der Waals surface area contributed by atoms with Crippen LogP contribution in [0.15, 0.2) is 103 Å². The van der Waals surface area contributed by atoms with Gasteiger partial charge in [0.1, 0.15) is 0 Å². The highest BCUT2D eigenvalue weighted by Gasteiger charge is 2.22. The van der Waals surface area contributed by atoms with E-state index in [4.69, 9.17) is 11.6 Å². The summed E-state index contributed by atoms with van der Waals surface area (Å²) in [5, 5.41) is 12.1. The van der Waals surface area contributed by atoms with E-state index in [2.05, 4.69) is 24.3 Å². The molecule has 5 nitrogen and oxygen atoms in total. The molecule has 0 spiro atoms. The van der Waals surface area contributed by atoms with E-state index in [1.165, 1.54) is 17.2 Å². The Morgan fingerprint density at radius 1 is 0.889 bits per heavy atom. The van der Waals surface area contributed by atoms with Crippen molar-refractivity contribution in [3.05, 3.63) is 146 Å². The first-order chi connectivity index (χ1) is 17.4. The number of nitrogens with zero attached hydrogens (tertiary/aromatic N) is 2. The Kier molecular flexibility index (Phi) is 8.13. The maximum absolute atomic E-state index is 13.7. The van der Waals surface area contributed by atoms with Crippen molar-refractivity contribution in [2.24, 2.45) is 0 Å². The predicted molar refractivity (Wildman–Crippen MR) is 143 cm³/mol. The fraction of sp³-hybridized carbons (Fsp3) is 0.167. The lowest BCUT2D eigenvalue weighted by molar-refractivity contribution is -0.385. The van der Waals surface area contributed by atoms with Gasteiger partial charge >= 0.3 is 0 Å². The molecule has 0 aliphatic carbocycles. The summed E-state index contributed by atoms with van der Waals surface area (Å²) in [5.41, 5.74) is 4.05. The van der Waals surface area contributed by atoms with Crippen LogP contribution in [0.25, 0.3) is 0 Å².